The number of rotatable bonds is 7. The van der Waals surface area contributed by atoms with E-state index in [0.717, 1.165) is 0 Å². The van der Waals surface area contributed by atoms with E-state index >= 15 is 0 Å². The second-order valence-electron chi connectivity index (χ2n) is 3.36. The Balaban J connectivity index is 3.77. The molecule has 0 aliphatic heterocycles. The van der Waals surface area contributed by atoms with Crippen molar-refractivity contribution in [2.45, 2.75) is 25.8 Å². The van der Waals surface area contributed by atoms with Crippen LogP contribution in [0.2, 0.25) is 0 Å². The van der Waals surface area contributed by atoms with E-state index in [1.165, 1.54) is 0 Å². The first-order chi connectivity index (χ1) is 7.65. The molecule has 94 valence electrons. The summed E-state index contributed by atoms with van der Waals surface area (Å²) in [5.41, 5.74) is 0. The van der Waals surface area contributed by atoms with Crippen LogP contribution in [-0.2, 0) is 14.3 Å². The van der Waals surface area contributed by atoms with Gasteiger partial charge in [0.2, 0.25) is 0 Å². The molecule has 0 saturated carbocycles. The molecule has 16 heavy (non-hydrogen) atoms. The molecule has 6 nitrogen and oxygen atoms in total. The summed E-state index contributed by atoms with van der Waals surface area (Å²) in [4.78, 5) is 22.5. The van der Waals surface area contributed by atoms with Crippen LogP contribution in [0.4, 0.5) is 0 Å². The maximum Gasteiger partial charge on any atom is 0.309 e. The number of methoxy groups -OCH3 is 1. The van der Waals surface area contributed by atoms with Gasteiger partial charge < -0.3 is 20.5 Å². The van der Waals surface area contributed by atoms with Crippen molar-refractivity contribution in [3.05, 3.63) is 0 Å². The van der Waals surface area contributed by atoms with Crippen LogP contribution in [-0.4, -0.2) is 49.8 Å². The first-order valence-corrected chi connectivity index (χ1v) is 5.34. The van der Waals surface area contributed by atoms with E-state index in [9.17, 15) is 9.59 Å². The summed E-state index contributed by atoms with van der Waals surface area (Å²) in [5, 5.41) is 13.7. The number of ether oxygens (including phenoxy) is 1. The van der Waals surface area contributed by atoms with Crippen LogP contribution >= 0.6 is 0 Å². The van der Waals surface area contributed by atoms with E-state index in [1.54, 1.807) is 7.11 Å². The number of nitrogens with one attached hydrogen (secondary N) is 2. The third-order valence-corrected chi connectivity index (χ3v) is 2.07. The smallest absolute Gasteiger partial charge is 0.309 e. The number of aliphatic hydroxyl groups is 1. The van der Waals surface area contributed by atoms with Crippen LogP contribution < -0.4 is 10.6 Å². The highest BCUT2D eigenvalue weighted by Gasteiger charge is 2.16. The van der Waals surface area contributed by atoms with Crippen LogP contribution in [0.15, 0.2) is 0 Å². The lowest BCUT2D eigenvalue weighted by molar-refractivity contribution is -0.139. The molecule has 0 aliphatic rings. The van der Waals surface area contributed by atoms with Crippen molar-refractivity contribution in [3.63, 3.8) is 0 Å². The van der Waals surface area contributed by atoms with Gasteiger partial charge in [-0.1, -0.05) is 6.92 Å². The van der Waals surface area contributed by atoms with Gasteiger partial charge in [-0.2, -0.15) is 0 Å². The van der Waals surface area contributed by atoms with E-state index < -0.39 is 11.8 Å². The van der Waals surface area contributed by atoms with Gasteiger partial charge in [-0.3, -0.25) is 9.59 Å². The second-order valence-corrected chi connectivity index (χ2v) is 3.36. The summed E-state index contributed by atoms with van der Waals surface area (Å²) in [5.74, 6) is -1.39. The zero-order valence-electron chi connectivity index (χ0n) is 9.78. The third kappa shape index (κ3) is 6.36. The number of carbonyl (C=O) groups is 2. The molecule has 0 aromatic rings. The molecule has 0 rings (SSSR count). The van der Waals surface area contributed by atoms with Gasteiger partial charge in [0.25, 0.3) is 0 Å². The summed E-state index contributed by atoms with van der Waals surface area (Å²) >= 11 is 0. The van der Waals surface area contributed by atoms with E-state index in [0.29, 0.717) is 26.0 Å². The summed E-state index contributed by atoms with van der Waals surface area (Å²) in [6.07, 6.45) is 1.24. The molecule has 6 heteroatoms. The van der Waals surface area contributed by atoms with Gasteiger partial charge in [-0.15, -0.1) is 0 Å². The highest BCUT2D eigenvalue weighted by atomic mass is 16.5. The predicted octanol–water partition coefficient (Wildman–Crippen LogP) is -0.974. The van der Waals surface area contributed by atoms with Crippen molar-refractivity contribution in [2.24, 2.45) is 0 Å². The molecule has 1 unspecified atom stereocenters. The molecule has 0 heterocycles. The number of hydrogen-bond donors (Lipinski definition) is 3. The highest BCUT2D eigenvalue weighted by Crippen LogP contribution is 1.88. The molecule has 2 amide bonds. The average molecular weight is 232 g/mol. The normalized spacial score (nSPS) is 11.9. The van der Waals surface area contributed by atoms with Crippen LogP contribution in [0.25, 0.3) is 0 Å². The molecule has 1 atom stereocenters. The van der Waals surface area contributed by atoms with Gasteiger partial charge in [-0.25, -0.2) is 0 Å². The Kier molecular flexibility index (Phi) is 8.46. The topological polar surface area (TPSA) is 87.7 Å². The number of carbonyl (C=O) groups excluding carboxylic acids is 2. The minimum atomic E-state index is -0.710. The largest absolute Gasteiger partial charge is 0.394 e. The van der Waals surface area contributed by atoms with Crippen molar-refractivity contribution >= 4 is 11.8 Å². The highest BCUT2D eigenvalue weighted by molar-refractivity contribution is 6.35. The fourth-order valence-corrected chi connectivity index (χ4v) is 1.03. The molecule has 0 bridgehead atoms. The maximum atomic E-state index is 11.3. The van der Waals surface area contributed by atoms with Gasteiger partial charge in [0.05, 0.1) is 12.6 Å². The molecule has 0 spiro atoms. The lowest BCUT2D eigenvalue weighted by atomic mass is 10.2. The third-order valence-electron chi connectivity index (χ3n) is 2.07. The van der Waals surface area contributed by atoms with Crippen LogP contribution in [0, 0.1) is 0 Å². The fourth-order valence-electron chi connectivity index (χ4n) is 1.03. The predicted molar refractivity (Wildman–Crippen MR) is 58.8 cm³/mol. The maximum absolute atomic E-state index is 11.3. The summed E-state index contributed by atoms with van der Waals surface area (Å²) < 4.78 is 4.80. The Labute approximate surface area is 95.4 Å². The standard InChI is InChI=1S/C10H20N2O4/c1-3-8(7-13)12-10(15)9(14)11-5-4-6-16-2/h8,13H,3-7H2,1-2H3,(H,11,14)(H,12,15). The van der Waals surface area contributed by atoms with Crippen molar-refractivity contribution in [1.82, 2.24) is 10.6 Å². The van der Waals surface area contributed by atoms with E-state index in [4.69, 9.17) is 9.84 Å². The summed E-state index contributed by atoms with van der Waals surface area (Å²) in [6, 6.07) is -0.364. The molecule has 0 aromatic heterocycles. The van der Waals surface area contributed by atoms with Crippen molar-refractivity contribution in [3.8, 4) is 0 Å². The monoisotopic (exact) mass is 232 g/mol. The Bertz CT molecular complexity index is 217. The second kappa shape index (κ2) is 9.11. The van der Waals surface area contributed by atoms with E-state index in [2.05, 4.69) is 10.6 Å². The number of aliphatic hydroxyl groups excluding tert-OH is 1. The number of amides is 2. The molecule has 0 fully saturated rings. The first kappa shape index (κ1) is 14.9. The Morgan fingerprint density at radius 3 is 2.56 bits per heavy atom. The van der Waals surface area contributed by atoms with Crippen LogP contribution in [0.3, 0.4) is 0 Å². The molecule has 0 saturated heterocycles. The van der Waals surface area contributed by atoms with Gasteiger partial charge in [-0.05, 0) is 12.8 Å². The molecular weight excluding hydrogens is 212 g/mol. The zero-order chi connectivity index (χ0) is 12.4. The van der Waals surface area contributed by atoms with Gasteiger partial charge in [0.1, 0.15) is 0 Å². The quantitative estimate of drug-likeness (QED) is 0.389. The Morgan fingerprint density at radius 1 is 1.38 bits per heavy atom. The van der Waals surface area contributed by atoms with Gasteiger partial charge >= 0.3 is 11.8 Å². The average Bonchev–Trinajstić information content (AvgIpc) is 2.30. The number of hydrogen-bond acceptors (Lipinski definition) is 4. The minimum Gasteiger partial charge on any atom is -0.394 e. The van der Waals surface area contributed by atoms with Gasteiger partial charge in [0, 0.05) is 20.3 Å². The van der Waals surface area contributed by atoms with E-state index in [1.807, 2.05) is 6.92 Å². The SMILES string of the molecule is CCC(CO)NC(=O)C(=O)NCCCOC. The van der Waals surface area contributed by atoms with Crippen molar-refractivity contribution < 1.29 is 19.4 Å². The fraction of sp³-hybridized carbons (Fsp3) is 0.800. The Hall–Kier alpha value is -1.14. The summed E-state index contributed by atoms with van der Waals surface area (Å²) in [7, 11) is 1.57. The molecule has 3 N–H and O–H groups in total. The van der Waals surface area contributed by atoms with Crippen LogP contribution in [0.1, 0.15) is 19.8 Å². The van der Waals surface area contributed by atoms with Gasteiger partial charge in [0.15, 0.2) is 0 Å². The lowest BCUT2D eigenvalue weighted by Crippen LogP contribution is -2.46. The lowest BCUT2D eigenvalue weighted by Gasteiger charge is -2.13. The molecule has 0 radical (unpaired) electrons. The molecule has 0 aliphatic carbocycles. The summed E-state index contributed by atoms with van der Waals surface area (Å²) in [6.45, 7) is 2.59. The van der Waals surface area contributed by atoms with E-state index in [-0.39, 0.29) is 12.6 Å². The molecular formula is C10H20N2O4. The molecule has 0 aromatic carbocycles. The van der Waals surface area contributed by atoms with Crippen LogP contribution in [0.5, 0.6) is 0 Å². The minimum absolute atomic E-state index is 0.167. The van der Waals surface area contributed by atoms with Crippen molar-refractivity contribution in [2.75, 3.05) is 26.9 Å². The van der Waals surface area contributed by atoms with Crippen molar-refractivity contribution in [1.29, 1.82) is 0 Å². The Morgan fingerprint density at radius 2 is 2.06 bits per heavy atom. The first-order valence-electron chi connectivity index (χ1n) is 5.34. The zero-order valence-corrected chi connectivity index (χ0v) is 9.78.